The van der Waals surface area contributed by atoms with Crippen LogP contribution >= 0.6 is 11.6 Å². The standard InChI is InChI=1S/C18H26ClNO4/c1-5-9-23-14-8-6-7-13(10-14)11-15(16(21)12-19)20-17(22)24-18(2,3)4/h5-8,10,15-16,21H,1,9,11-12H2,2-4H3,(H,20,22)/t15-,16+/m0/s1. The predicted molar refractivity (Wildman–Crippen MR) is 95.7 cm³/mol. The van der Waals surface area contributed by atoms with Crippen LogP contribution in [0.4, 0.5) is 4.79 Å². The monoisotopic (exact) mass is 355 g/mol. The molecule has 0 fully saturated rings. The van der Waals surface area contributed by atoms with Gasteiger partial charge in [-0.1, -0.05) is 24.8 Å². The van der Waals surface area contributed by atoms with Crippen molar-refractivity contribution >= 4 is 17.7 Å². The Balaban J connectivity index is 2.79. The topological polar surface area (TPSA) is 67.8 Å². The molecule has 0 radical (unpaired) electrons. The number of carbonyl (C=O) groups excluding carboxylic acids is 1. The maximum absolute atomic E-state index is 12.0. The van der Waals surface area contributed by atoms with Gasteiger partial charge in [0.2, 0.25) is 0 Å². The number of halogens is 1. The summed E-state index contributed by atoms with van der Waals surface area (Å²) in [5.41, 5.74) is 0.292. The molecular formula is C18H26ClNO4. The first-order chi connectivity index (χ1) is 11.2. The number of hydrogen-bond acceptors (Lipinski definition) is 4. The Morgan fingerprint density at radius 1 is 1.46 bits per heavy atom. The van der Waals surface area contributed by atoms with E-state index in [1.165, 1.54) is 0 Å². The molecule has 2 atom stereocenters. The molecule has 0 aliphatic carbocycles. The van der Waals surface area contributed by atoms with Gasteiger partial charge in [0.25, 0.3) is 0 Å². The fourth-order valence-corrected chi connectivity index (χ4v) is 2.24. The van der Waals surface area contributed by atoms with Crippen LogP contribution in [0.15, 0.2) is 36.9 Å². The number of alkyl halides is 1. The van der Waals surface area contributed by atoms with Crippen LogP contribution < -0.4 is 10.1 Å². The largest absolute Gasteiger partial charge is 0.490 e. The number of nitrogens with one attached hydrogen (secondary N) is 1. The minimum absolute atomic E-state index is 0.00706. The van der Waals surface area contributed by atoms with Crippen molar-refractivity contribution < 1.29 is 19.4 Å². The van der Waals surface area contributed by atoms with Crippen molar-refractivity contribution in [2.24, 2.45) is 0 Å². The zero-order valence-electron chi connectivity index (χ0n) is 14.4. The second-order valence-corrected chi connectivity index (χ2v) is 6.73. The number of hydrogen-bond donors (Lipinski definition) is 2. The SMILES string of the molecule is C=CCOc1cccc(C[C@H](NC(=O)OC(C)(C)C)[C@H](O)CCl)c1. The highest BCUT2D eigenvalue weighted by Crippen LogP contribution is 2.16. The third-order valence-corrected chi connectivity index (χ3v) is 3.36. The Labute approximate surface area is 148 Å². The first-order valence-electron chi connectivity index (χ1n) is 7.81. The normalized spacial score (nSPS) is 13.7. The lowest BCUT2D eigenvalue weighted by Gasteiger charge is -2.26. The summed E-state index contributed by atoms with van der Waals surface area (Å²) in [5.74, 6) is 0.705. The van der Waals surface area contributed by atoms with E-state index in [2.05, 4.69) is 11.9 Å². The molecule has 134 valence electrons. The summed E-state index contributed by atoms with van der Waals surface area (Å²) in [6.07, 6.45) is 0.586. The van der Waals surface area contributed by atoms with Gasteiger partial charge >= 0.3 is 6.09 Å². The maximum Gasteiger partial charge on any atom is 0.407 e. The smallest absolute Gasteiger partial charge is 0.407 e. The lowest BCUT2D eigenvalue weighted by Crippen LogP contribution is -2.47. The van der Waals surface area contributed by atoms with E-state index in [1.54, 1.807) is 26.8 Å². The molecule has 24 heavy (non-hydrogen) atoms. The molecular weight excluding hydrogens is 330 g/mol. The van der Waals surface area contributed by atoms with Crippen LogP contribution in [0.2, 0.25) is 0 Å². The number of rotatable bonds is 8. The highest BCUT2D eigenvalue weighted by atomic mass is 35.5. The average molecular weight is 356 g/mol. The molecule has 5 nitrogen and oxygen atoms in total. The van der Waals surface area contributed by atoms with Gasteiger partial charge in [-0.15, -0.1) is 11.6 Å². The first kappa shape index (κ1) is 20.3. The van der Waals surface area contributed by atoms with Crippen molar-refractivity contribution in [1.29, 1.82) is 0 Å². The molecule has 1 amide bonds. The number of carbonyl (C=O) groups is 1. The van der Waals surface area contributed by atoms with E-state index < -0.39 is 23.8 Å². The van der Waals surface area contributed by atoms with Crippen LogP contribution in [-0.4, -0.2) is 41.4 Å². The third-order valence-electron chi connectivity index (χ3n) is 3.05. The van der Waals surface area contributed by atoms with Gasteiger partial charge in [-0.2, -0.15) is 0 Å². The van der Waals surface area contributed by atoms with Gasteiger partial charge in [-0.25, -0.2) is 4.79 Å². The number of aliphatic hydroxyl groups is 1. The van der Waals surface area contributed by atoms with E-state index in [4.69, 9.17) is 21.1 Å². The lowest BCUT2D eigenvalue weighted by molar-refractivity contribution is 0.0440. The maximum atomic E-state index is 12.0. The molecule has 6 heteroatoms. The molecule has 0 saturated carbocycles. The van der Waals surface area contributed by atoms with Gasteiger partial charge in [0.1, 0.15) is 18.0 Å². The molecule has 1 rings (SSSR count). The molecule has 0 saturated heterocycles. The van der Waals surface area contributed by atoms with Crippen molar-refractivity contribution in [2.75, 3.05) is 12.5 Å². The van der Waals surface area contributed by atoms with Crippen molar-refractivity contribution in [3.8, 4) is 5.75 Å². The number of alkyl carbamates (subject to hydrolysis) is 1. The molecule has 0 spiro atoms. The van der Waals surface area contributed by atoms with Crippen LogP contribution in [0.5, 0.6) is 5.75 Å². The molecule has 0 unspecified atom stereocenters. The summed E-state index contributed by atoms with van der Waals surface area (Å²) in [6.45, 7) is 9.35. The van der Waals surface area contributed by atoms with Crippen LogP contribution in [0.3, 0.4) is 0 Å². The highest BCUT2D eigenvalue weighted by Gasteiger charge is 2.24. The molecule has 1 aromatic rings. The number of ether oxygens (including phenoxy) is 2. The van der Waals surface area contributed by atoms with E-state index in [1.807, 2.05) is 24.3 Å². The number of amides is 1. The quantitative estimate of drug-likeness (QED) is 0.554. The summed E-state index contributed by atoms with van der Waals surface area (Å²) in [5, 5.41) is 12.8. The summed E-state index contributed by atoms with van der Waals surface area (Å²) in [7, 11) is 0. The first-order valence-corrected chi connectivity index (χ1v) is 8.35. The second kappa shape index (κ2) is 9.55. The average Bonchev–Trinajstić information content (AvgIpc) is 2.50. The van der Waals surface area contributed by atoms with Crippen molar-refractivity contribution in [3.05, 3.63) is 42.5 Å². The Bertz CT molecular complexity index is 542. The summed E-state index contributed by atoms with van der Waals surface area (Å²) >= 11 is 5.75. The van der Waals surface area contributed by atoms with E-state index >= 15 is 0 Å². The van der Waals surface area contributed by atoms with E-state index in [0.717, 1.165) is 5.56 Å². The van der Waals surface area contributed by atoms with Gasteiger partial charge in [-0.3, -0.25) is 0 Å². The van der Waals surface area contributed by atoms with Crippen molar-refractivity contribution in [1.82, 2.24) is 5.32 Å². The number of aliphatic hydroxyl groups excluding tert-OH is 1. The molecule has 0 heterocycles. The van der Waals surface area contributed by atoms with Gasteiger partial charge in [0, 0.05) is 0 Å². The Morgan fingerprint density at radius 3 is 2.75 bits per heavy atom. The summed E-state index contributed by atoms with van der Waals surface area (Å²) < 4.78 is 10.7. The predicted octanol–water partition coefficient (Wildman–Crippen LogP) is 3.29. The number of benzene rings is 1. The van der Waals surface area contributed by atoms with E-state index in [0.29, 0.717) is 18.8 Å². The van der Waals surface area contributed by atoms with Crippen molar-refractivity contribution in [2.45, 2.75) is 44.9 Å². The van der Waals surface area contributed by atoms with Crippen LogP contribution in [0.25, 0.3) is 0 Å². The molecule has 2 N–H and O–H groups in total. The van der Waals surface area contributed by atoms with Crippen LogP contribution in [-0.2, 0) is 11.2 Å². The Morgan fingerprint density at radius 2 is 2.17 bits per heavy atom. The molecule has 0 aliphatic heterocycles. The van der Waals surface area contributed by atoms with E-state index in [-0.39, 0.29) is 5.88 Å². The minimum atomic E-state index is -0.892. The zero-order chi connectivity index (χ0) is 18.2. The Kier molecular flexibility index (Phi) is 8.08. The molecule has 0 bridgehead atoms. The van der Waals surface area contributed by atoms with Gasteiger partial charge in [0.15, 0.2) is 0 Å². The fourth-order valence-electron chi connectivity index (χ4n) is 2.02. The lowest BCUT2D eigenvalue weighted by atomic mass is 10.0. The van der Waals surface area contributed by atoms with Crippen LogP contribution in [0, 0.1) is 0 Å². The van der Waals surface area contributed by atoms with E-state index in [9.17, 15) is 9.90 Å². The van der Waals surface area contributed by atoms with Gasteiger partial charge in [-0.05, 0) is 44.9 Å². The zero-order valence-corrected chi connectivity index (χ0v) is 15.2. The molecule has 1 aromatic carbocycles. The van der Waals surface area contributed by atoms with Gasteiger partial charge in [0.05, 0.1) is 18.0 Å². The third kappa shape index (κ3) is 7.70. The molecule has 0 aromatic heterocycles. The van der Waals surface area contributed by atoms with Crippen LogP contribution in [0.1, 0.15) is 26.3 Å². The van der Waals surface area contributed by atoms with Gasteiger partial charge < -0.3 is 19.9 Å². The fraction of sp³-hybridized carbons (Fsp3) is 0.500. The summed E-state index contributed by atoms with van der Waals surface area (Å²) in [6, 6.07) is 6.87. The minimum Gasteiger partial charge on any atom is -0.490 e. The Hall–Kier alpha value is -1.72. The highest BCUT2D eigenvalue weighted by molar-refractivity contribution is 6.18. The second-order valence-electron chi connectivity index (χ2n) is 6.43. The van der Waals surface area contributed by atoms with Crippen molar-refractivity contribution in [3.63, 3.8) is 0 Å². The summed E-state index contributed by atoms with van der Waals surface area (Å²) in [4.78, 5) is 12.0. The molecule has 0 aliphatic rings.